The first-order chi connectivity index (χ1) is 8.81. The summed E-state index contributed by atoms with van der Waals surface area (Å²) < 4.78 is 44.8. The minimum atomic E-state index is -3.95. The van der Waals surface area contributed by atoms with Crippen molar-refractivity contribution in [3.63, 3.8) is 0 Å². The second-order valence-electron chi connectivity index (χ2n) is 4.00. The van der Waals surface area contributed by atoms with Crippen LogP contribution >= 0.6 is 0 Å². The van der Waals surface area contributed by atoms with E-state index in [2.05, 4.69) is 9.88 Å². The Morgan fingerprint density at radius 2 is 2.05 bits per heavy atom. The maximum absolute atomic E-state index is 13.6. The van der Waals surface area contributed by atoms with Crippen LogP contribution in [0.3, 0.4) is 0 Å². The van der Waals surface area contributed by atoms with Crippen molar-refractivity contribution in [3.05, 3.63) is 35.5 Å². The summed E-state index contributed by atoms with van der Waals surface area (Å²) >= 11 is 0. The third kappa shape index (κ3) is 2.53. The molecule has 0 aliphatic rings. The van der Waals surface area contributed by atoms with E-state index in [0.717, 1.165) is 6.07 Å². The zero-order valence-electron chi connectivity index (χ0n) is 10.3. The first kappa shape index (κ1) is 13.3. The summed E-state index contributed by atoms with van der Waals surface area (Å²) in [6, 6.07) is 3.68. The number of nitrogens with two attached hydrogens (primary N) is 1. The van der Waals surface area contributed by atoms with Crippen LogP contribution in [-0.2, 0) is 10.0 Å². The van der Waals surface area contributed by atoms with Gasteiger partial charge < -0.3 is 10.3 Å². The largest absolute Gasteiger partial charge is 0.399 e. The molecule has 3 N–H and O–H groups in total. The van der Waals surface area contributed by atoms with Crippen molar-refractivity contribution in [1.29, 1.82) is 0 Å². The predicted octanol–water partition coefficient (Wildman–Crippen LogP) is 1.81. The summed E-state index contributed by atoms with van der Waals surface area (Å²) in [6.45, 7) is 2.96. The van der Waals surface area contributed by atoms with E-state index in [1.165, 1.54) is 26.0 Å². The second-order valence-corrected chi connectivity index (χ2v) is 5.62. The van der Waals surface area contributed by atoms with Crippen LogP contribution in [0, 0.1) is 19.7 Å². The van der Waals surface area contributed by atoms with Crippen LogP contribution < -0.4 is 10.5 Å². The Balaban J connectivity index is 2.42. The molecular weight excluding hydrogens is 273 g/mol. The van der Waals surface area contributed by atoms with E-state index in [1.807, 2.05) is 0 Å². The molecule has 2 rings (SSSR count). The van der Waals surface area contributed by atoms with Crippen LogP contribution in [0.2, 0.25) is 0 Å². The number of aryl methyl sites for hydroxylation is 2. The molecule has 1 aromatic carbocycles. The number of benzene rings is 1. The number of anilines is 2. The highest BCUT2D eigenvalue weighted by atomic mass is 32.2. The van der Waals surface area contributed by atoms with Crippen LogP contribution in [0.4, 0.5) is 15.8 Å². The number of hydrogen-bond donors (Lipinski definition) is 2. The van der Waals surface area contributed by atoms with E-state index in [9.17, 15) is 12.8 Å². The first-order valence-corrected chi connectivity index (χ1v) is 6.80. The van der Waals surface area contributed by atoms with Gasteiger partial charge in [0, 0.05) is 5.69 Å². The van der Waals surface area contributed by atoms with Gasteiger partial charge in [0.2, 0.25) is 0 Å². The van der Waals surface area contributed by atoms with Gasteiger partial charge in [0.25, 0.3) is 10.0 Å². The number of nitrogens with zero attached hydrogens (tertiary/aromatic N) is 1. The molecule has 8 heteroatoms. The van der Waals surface area contributed by atoms with Crippen LogP contribution in [0.25, 0.3) is 0 Å². The van der Waals surface area contributed by atoms with Crippen molar-refractivity contribution in [2.75, 3.05) is 10.5 Å². The molecule has 0 saturated carbocycles. The molecule has 1 aromatic heterocycles. The fraction of sp³-hybridized carbons (Fsp3) is 0.182. The Morgan fingerprint density at radius 3 is 2.58 bits per heavy atom. The van der Waals surface area contributed by atoms with Gasteiger partial charge in [-0.3, -0.25) is 4.72 Å². The average molecular weight is 285 g/mol. The van der Waals surface area contributed by atoms with Gasteiger partial charge in [-0.05, 0) is 32.0 Å². The van der Waals surface area contributed by atoms with Gasteiger partial charge in [-0.25, -0.2) is 12.8 Å². The molecule has 0 saturated heterocycles. The highest BCUT2D eigenvalue weighted by Crippen LogP contribution is 2.24. The predicted molar refractivity (Wildman–Crippen MR) is 67.6 cm³/mol. The lowest BCUT2D eigenvalue weighted by Crippen LogP contribution is -2.15. The third-order valence-electron chi connectivity index (χ3n) is 2.47. The first-order valence-electron chi connectivity index (χ1n) is 5.32. The van der Waals surface area contributed by atoms with E-state index >= 15 is 0 Å². The van der Waals surface area contributed by atoms with E-state index in [1.54, 1.807) is 0 Å². The van der Waals surface area contributed by atoms with Gasteiger partial charge in [0.1, 0.15) is 11.5 Å². The summed E-state index contributed by atoms with van der Waals surface area (Å²) in [5, 5.41) is 3.55. The molecule has 0 fully saturated rings. The second kappa shape index (κ2) is 4.54. The van der Waals surface area contributed by atoms with E-state index < -0.39 is 15.8 Å². The number of nitrogens with one attached hydrogen (secondary N) is 1. The molecule has 0 spiro atoms. The van der Waals surface area contributed by atoms with E-state index in [0.29, 0.717) is 0 Å². The molecule has 2 aromatic rings. The summed E-state index contributed by atoms with van der Waals surface area (Å²) in [7, 11) is -3.95. The molecule has 0 aliphatic carbocycles. The lowest BCUT2D eigenvalue weighted by molar-refractivity contribution is 0.390. The fourth-order valence-corrected chi connectivity index (χ4v) is 3.07. The monoisotopic (exact) mass is 285 g/mol. The fourth-order valence-electron chi connectivity index (χ4n) is 1.67. The van der Waals surface area contributed by atoms with E-state index in [4.69, 9.17) is 10.3 Å². The molecule has 0 aliphatic heterocycles. The third-order valence-corrected chi connectivity index (χ3v) is 4.08. The quantitative estimate of drug-likeness (QED) is 0.838. The van der Waals surface area contributed by atoms with Crippen LogP contribution in [0.5, 0.6) is 0 Å². The maximum Gasteiger partial charge on any atom is 0.267 e. The Bertz CT molecular complexity index is 705. The maximum atomic E-state index is 13.6. The normalized spacial score (nSPS) is 11.5. The van der Waals surface area contributed by atoms with Crippen LogP contribution in [0.1, 0.15) is 11.5 Å². The number of halogens is 1. The van der Waals surface area contributed by atoms with Crippen molar-refractivity contribution in [1.82, 2.24) is 5.16 Å². The van der Waals surface area contributed by atoms with Crippen molar-refractivity contribution in [2.45, 2.75) is 18.7 Å². The number of hydrogen-bond acceptors (Lipinski definition) is 5. The Labute approximate surface area is 109 Å². The summed E-state index contributed by atoms with van der Waals surface area (Å²) in [5.74, 6) is -0.615. The van der Waals surface area contributed by atoms with Gasteiger partial charge in [-0.15, -0.1) is 0 Å². The Kier molecular flexibility index (Phi) is 3.19. The van der Waals surface area contributed by atoms with Gasteiger partial charge in [-0.2, -0.15) is 0 Å². The minimum Gasteiger partial charge on any atom is -0.399 e. The SMILES string of the molecule is Cc1noc(C)c1S(=O)(=O)Nc1ccc(N)cc1F. The Hall–Kier alpha value is -2.09. The summed E-state index contributed by atoms with van der Waals surface area (Å²) in [6.07, 6.45) is 0. The van der Waals surface area contributed by atoms with Gasteiger partial charge in [-0.1, -0.05) is 5.16 Å². The molecule has 19 heavy (non-hydrogen) atoms. The zero-order valence-corrected chi connectivity index (χ0v) is 11.1. The van der Waals surface area contributed by atoms with Gasteiger partial charge in [0.15, 0.2) is 10.7 Å². The molecule has 1 heterocycles. The van der Waals surface area contributed by atoms with Crippen molar-refractivity contribution in [3.8, 4) is 0 Å². The van der Waals surface area contributed by atoms with Crippen molar-refractivity contribution >= 4 is 21.4 Å². The highest BCUT2D eigenvalue weighted by Gasteiger charge is 2.25. The number of nitrogen functional groups attached to an aromatic ring is 1. The average Bonchev–Trinajstić information content (AvgIpc) is 2.63. The van der Waals surface area contributed by atoms with Crippen LogP contribution in [0.15, 0.2) is 27.6 Å². The molecule has 0 radical (unpaired) electrons. The topological polar surface area (TPSA) is 98.2 Å². The number of aromatic nitrogens is 1. The van der Waals surface area contributed by atoms with Crippen molar-refractivity contribution in [2.24, 2.45) is 0 Å². The highest BCUT2D eigenvalue weighted by molar-refractivity contribution is 7.92. The minimum absolute atomic E-state index is 0.0938. The molecule has 0 bridgehead atoms. The zero-order chi connectivity index (χ0) is 14.2. The lowest BCUT2D eigenvalue weighted by Gasteiger charge is -2.08. The molecule has 0 amide bonds. The Morgan fingerprint density at radius 1 is 1.37 bits per heavy atom. The molecule has 0 unspecified atom stereocenters. The standard InChI is InChI=1S/C11H12FN3O3S/c1-6-11(7(2)18-14-6)19(16,17)15-10-4-3-8(13)5-9(10)12/h3-5,15H,13H2,1-2H3. The van der Waals surface area contributed by atoms with Gasteiger partial charge >= 0.3 is 0 Å². The van der Waals surface area contributed by atoms with Gasteiger partial charge in [0.05, 0.1) is 5.69 Å². The molecular formula is C11H12FN3O3S. The number of sulfonamides is 1. The number of rotatable bonds is 3. The van der Waals surface area contributed by atoms with Crippen molar-refractivity contribution < 1.29 is 17.3 Å². The van der Waals surface area contributed by atoms with E-state index in [-0.39, 0.29) is 27.7 Å². The smallest absolute Gasteiger partial charge is 0.267 e. The molecule has 6 nitrogen and oxygen atoms in total. The van der Waals surface area contributed by atoms with Crippen LogP contribution in [-0.4, -0.2) is 13.6 Å². The molecule has 102 valence electrons. The summed E-state index contributed by atoms with van der Waals surface area (Å²) in [5.41, 5.74) is 5.62. The molecule has 0 atom stereocenters. The lowest BCUT2D eigenvalue weighted by atomic mass is 10.3. The summed E-state index contributed by atoms with van der Waals surface area (Å²) in [4.78, 5) is -0.0938.